The maximum atomic E-state index is 9.17. The maximum absolute atomic E-state index is 9.17. The first-order valence-corrected chi connectivity index (χ1v) is 8.23. The minimum atomic E-state index is 0.634. The van der Waals surface area contributed by atoms with Crippen LogP contribution < -0.4 is 0 Å². The second-order valence-electron chi connectivity index (χ2n) is 3.94. The highest BCUT2D eigenvalue weighted by Gasteiger charge is 2.18. The molecule has 1 atom stereocenters. The molecule has 0 saturated carbocycles. The summed E-state index contributed by atoms with van der Waals surface area (Å²) in [6.45, 7) is 17.7. The number of carbonyl (C=O) groups excluding carboxylic acids is 1. The van der Waals surface area contributed by atoms with Gasteiger partial charge in [-0.15, -0.1) is 0 Å². The second-order valence-corrected chi connectivity index (χ2v) is 3.94. The van der Waals surface area contributed by atoms with Crippen LogP contribution in [0, 0.1) is 0 Å². The molecule has 0 aromatic carbocycles. The molecule has 1 saturated heterocycles. The van der Waals surface area contributed by atoms with Crippen molar-refractivity contribution in [2.24, 2.45) is 0 Å². The van der Waals surface area contributed by atoms with E-state index in [1.165, 1.54) is 32.1 Å². The van der Waals surface area contributed by atoms with Crippen molar-refractivity contribution in [3.8, 4) is 0 Å². The topological polar surface area (TPSA) is 29.6 Å². The molecule has 120 valence electrons. The Bertz CT molecular complexity index is 102. The molecular formula is C17H40O2. The minimum Gasteiger partial charge on any atom is -0.373 e. The van der Waals surface area contributed by atoms with Gasteiger partial charge >= 0.3 is 0 Å². The molecule has 0 aromatic heterocycles. The van der Waals surface area contributed by atoms with Crippen molar-refractivity contribution in [2.45, 2.75) is 100 Å². The Morgan fingerprint density at radius 2 is 1.16 bits per heavy atom. The molecule has 0 aliphatic carbocycles. The third kappa shape index (κ3) is 74.0. The van der Waals surface area contributed by atoms with Crippen molar-refractivity contribution in [2.75, 3.05) is 6.61 Å². The number of rotatable bonds is 4. The summed E-state index contributed by atoms with van der Waals surface area (Å²) in [6.07, 6.45) is 8.62. The molecule has 0 amide bonds. The zero-order chi connectivity index (χ0) is 15.9. The number of epoxide rings is 1. The third-order valence-corrected chi connectivity index (χ3v) is 2.02. The lowest BCUT2D eigenvalue weighted by atomic mass is 10.4. The van der Waals surface area contributed by atoms with Gasteiger partial charge < -0.3 is 9.53 Å². The molecule has 0 radical (unpaired) electrons. The Morgan fingerprint density at radius 3 is 1.16 bits per heavy atom. The fraction of sp³-hybridized carbons (Fsp3) is 0.941. The smallest absolute Gasteiger partial charge is 0.119 e. The van der Waals surface area contributed by atoms with E-state index >= 15 is 0 Å². The van der Waals surface area contributed by atoms with Gasteiger partial charge in [0.25, 0.3) is 0 Å². The monoisotopic (exact) mass is 276 g/mol. The first kappa shape index (κ1) is 27.1. The van der Waals surface area contributed by atoms with Crippen molar-refractivity contribution in [3.63, 3.8) is 0 Å². The summed E-state index contributed by atoms with van der Waals surface area (Å²) in [4.78, 5) is 9.17. The van der Waals surface area contributed by atoms with E-state index in [9.17, 15) is 4.79 Å². The van der Waals surface area contributed by atoms with Gasteiger partial charge in [0.1, 0.15) is 6.29 Å². The van der Waals surface area contributed by atoms with E-state index < -0.39 is 0 Å². The molecule has 1 heterocycles. The Balaban J connectivity index is -0.0000000762. The van der Waals surface area contributed by atoms with Crippen LogP contribution in [0.5, 0.6) is 0 Å². The standard InChI is InChI=1S/C4H8O.2C4H10.C3H6O.C2H6/c1-2-4-3-5-4;2*1-3-4-2;1-2-3-4;1-2/h4H,2-3H2,1H3;2*3-4H2,1-2H3;3H,2H2,1H3;1-2H3. The van der Waals surface area contributed by atoms with Crippen LogP contribution in [-0.2, 0) is 9.53 Å². The van der Waals surface area contributed by atoms with Crippen molar-refractivity contribution in [1.29, 1.82) is 0 Å². The predicted octanol–water partition coefficient (Wildman–Crippen LogP) is 6.03. The molecule has 0 bridgehead atoms. The minimum absolute atomic E-state index is 0.634. The molecule has 2 heteroatoms. The fourth-order valence-electron chi connectivity index (χ4n) is 0.304. The predicted molar refractivity (Wildman–Crippen MR) is 88.9 cm³/mol. The third-order valence-electron chi connectivity index (χ3n) is 2.02. The Kier molecular flexibility index (Phi) is 51.3. The van der Waals surface area contributed by atoms with Crippen LogP contribution in [-0.4, -0.2) is 19.0 Å². The average molecular weight is 277 g/mol. The first-order chi connectivity index (χ1) is 9.17. The van der Waals surface area contributed by atoms with Gasteiger partial charge in [0, 0.05) is 6.42 Å². The summed E-state index contributed by atoms with van der Waals surface area (Å²) in [6, 6.07) is 0. The number of unbranched alkanes of at least 4 members (excludes halogenated alkanes) is 2. The van der Waals surface area contributed by atoms with Crippen LogP contribution in [0.25, 0.3) is 0 Å². The van der Waals surface area contributed by atoms with E-state index in [0.29, 0.717) is 12.5 Å². The zero-order valence-corrected chi connectivity index (χ0v) is 14.9. The van der Waals surface area contributed by atoms with Crippen LogP contribution in [0.3, 0.4) is 0 Å². The van der Waals surface area contributed by atoms with Gasteiger partial charge in [0.05, 0.1) is 12.7 Å². The van der Waals surface area contributed by atoms with E-state index in [0.717, 1.165) is 12.9 Å². The van der Waals surface area contributed by atoms with Crippen LogP contribution >= 0.6 is 0 Å². The highest BCUT2D eigenvalue weighted by molar-refractivity contribution is 5.48. The van der Waals surface area contributed by atoms with Gasteiger partial charge in [-0.1, -0.05) is 81.1 Å². The normalized spacial score (nSPS) is 13.8. The SMILES string of the molecule is CC.CCC1CO1.CCC=O.CCCC.CCCC. The van der Waals surface area contributed by atoms with Gasteiger partial charge in [0.2, 0.25) is 0 Å². The van der Waals surface area contributed by atoms with Crippen LogP contribution in [0.2, 0.25) is 0 Å². The number of hydrogen-bond acceptors (Lipinski definition) is 2. The number of hydrogen-bond donors (Lipinski definition) is 0. The van der Waals surface area contributed by atoms with Crippen molar-refractivity contribution in [3.05, 3.63) is 0 Å². The number of ether oxygens (including phenoxy) is 1. The Hall–Kier alpha value is -0.370. The summed E-state index contributed by atoms with van der Waals surface area (Å²) in [5, 5.41) is 0. The summed E-state index contributed by atoms with van der Waals surface area (Å²) in [5.41, 5.74) is 0. The van der Waals surface area contributed by atoms with Gasteiger partial charge in [-0.2, -0.15) is 0 Å². The lowest BCUT2D eigenvalue weighted by Gasteiger charge is -1.69. The van der Waals surface area contributed by atoms with Gasteiger partial charge in [-0.05, 0) is 6.42 Å². The molecule has 0 aromatic rings. The molecule has 1 aliphatic rings. The summed E-state index contributed by atoms with van der Waals surface area (Å²) < 4.78 is 4.86. The van der Waals surface area contributed by atoms with E-state index in [-0.39, 0.29) is 0 Å². The van der Waals surface area contributed by atoms with Crippen molar-refractivity contribution >= 4 is 6.29 Å². The second kappa shape index (κ2) is 36.0. The first-order valence-electron chi connectivity index (χ1n) is 8.23. The molecule has 19 heavy (non-hydrogen) atoms. The lowest BCUT2D eigenvalue weighted by molar-refractivity contribution is -0.107. The fourth-order valence-corrected chi connectivity index (χ4v) is 0.304. The quantitative estimate of drug-likeness (QED) is 0.463. The van der Waals surface area contributed by atoms with Gasteiger partial charge in [-0.3, -0.25) is 0 Å². The molecule has 2 nitrogen and oxygen atoms in total. The van der Waals surface area contributed by atoms with Gasteiger partial charge in [-0.25, -0.2) is 0 Å². The lowest BCUT2D eigenvalue weighted by Crippen LogP contribution is -1.73. The van der Waals surface area contributed by atoms with Crippen molar-refractivity contribution < 1.29 is 9.53 Å². The highest BCUT2D eigenvalue weighted by atomic mass is 16.6. The highest BCUT2D eigenvalue weighted by Crippen LogP contribution is 2.10. The molecule has 1 aliphatic heterocycles. The molecule has 1 rings (SSSR count). The average Bonchev–Trinajstić information content (AvgIpc) is 3.34. The Morgan fingerprint density at radius 1 is 0.895 bits per heavy atom. The zero-order valence-electron chi connectivity index (χ0n) is 14.9. The molecular weight excluding hydrogens is 236 g/mol. The maximum Gasteiger partial charge on any atom is 0.119 e. The van der Waals surface area contributed by atoms with Crippen LogP contribution in [0.4, 0.5) is 0 Å². The van der Waals surface area contributed by atoms with E-state index in [2.05, 4.69) is 34.6 Å². The molecule has 0 spiro atoms. The summed E-state index contributed by atoms with van der Waals surface area (Å²) in [5.74, 6) is 0. The largest absolute Gasteiger partial charge is 0.373 e. The number of carbonyl (C=O) groups is 1. The van der Waals surface area contributed by atoms with E-state index in [1.807, 2.05) is 20.8 Å². The van der Waals surface area contributed by atoms with Gasteiger partial charge in [0.15, 0.2) is 0 Å². The van der Waals surface area contributed by atoms with Crippen LogP contribution in [0.1, 0.15) is 93.9 Å². The molecule has 0 N–H and O–H groups in total. The number of aldehydes is 1. The van der Waals surface area contributed by atoms with E-state index in [1.54, 1.807) is 0 Å². The molecule has 1 unspecified atom stereocenters. The van der Waals surface area contributed by atoms with Crippen molar-refractivity contribution in [1.82, 2.24) is 0 Å². The van der Waals surface area contributed by atoms with E-state index in [4.69, 9.17) is 4.74 Å². The van der Waals surface area contributed by atoms with Crippen LogP contribution in [0.15, 0.2) is 0 Å². The Labute approximate surface area is 123 Å². The summed E-state index contributed by atoms with van der Waals surface area (Å²) >= 11 is 0. The molecule has 1 fully saturated rings. The summed E-state index contributed by atoms with van der Waals surface area (Å²) in [7, 11) is 0.